The van der Waals surface area contributed by atoms with E-state index in [-0.39, 0.29) is 17.6 Å². The predicted molar refractivity (Wildman–Crippen MR) is 98.6 cm³/mol. The molecule has 2 atom stereocenters. The number of likely N-dealkylation sites (tertiary alicyclic amines) is 1. The van der Waals surface area contributed by atoms with Crippen molar-refractivity contribution in [1.29, 1.82) is 0 Å². The van der Waals surface area contributed by atoms with Crippen LogP contribution in [0.5, 0.6) is 0 Å². The van der Waals surface area contributed by atoms with Gasteiger partial charge in [0.05, 0.1) is 11.9 Å². The van der Waals surface area contributed by atoms with Gasteiger partial charge in [0.25, 0.3) is 5.91 Å². The largest absolute Gasteiger partial charge is 0.338 e. The number of pyridine rings is 1. The van der Waals surface area contributed by atoms with Crippen molar-refractivity contribution in [2.45, 2.75) is 18.9 Å². The standard InChI is InChI=1S/C21H19FN4O/c22-17-3-1-15(2-4-17)21(27)25-12-16-7-10-26-19(14-5-8-23-9-6-14)11-24-20(26)18(16)13-25/h1-6,8-9,11,16,18H,7,10,12-13H2/t16-,18+/m0/s1. The number of carbonyl (C=O) groups is 1. The van der Waals surface area contributed by atoms with Gasteiger partial charge in [-0.2, -0.15) is 0 Å². The number of amides is 1. The van der Waals surface area contributed by atoms with E-state index in [4.69, 9.17) is 4.98 Å². The third-order valence-corrected chi connectivity index (χ3v) is 5.74. The van der Waals surface area contributed by atoms with Crippen LogP contribution in [-0.4, -0.2) is 38.4 Å². The molecule has 4 heterocycles. The van der Waals surface area contributed by atoms with Crippen LogP contribution in [0, 0.1) is 11.7 Å². The highest BCUT2D eigenvalue weighted by Gasteiger charge is 2.41. The van der Waals surface area contributed by atoms with E-state index in [1.807, 2.05) is 23.2 Å². The van der Waals surface area contributed by atoms with Crippen molar-refractivity contribution in [1.82, 2.24) is 19.4 Å². The Kier molecular flexibility index (Phi) is 3.77. The maximum Gasteiger partial charge on any atom is 0.253 e. The predicted octanol–water partition coefficient (Wildman–Crippen LogP) is 3.34. The van der Waals surface area contributed by atoms with E-state index in [0.29, 0.717) is 18.0 Å². The van der Waals surface area contributed by atoms with Gasteiger partial charge in [0.1, 0.15) is 11.6 Å². The maximum atomic E-state index is 13.1. The summed E-state index contributed by atoms with van der Waals surface area (Å²) < 4.78 is 15.4. The number of hydrogen-bond acceptors (Lipinski definition) is 3. The van der Waals surface area contributed by atoms with Gasteiger partial charge in [0.15, 0.2) is 0 Å². The molecule has 2 aromatic heterocycles. The lowest BCUT2D eigenvalue weighted by Gasteiger charge is -2.26. The molecule has 1 fully saturated rings. The summed E-state index contributed by atoms with van der Waals surface area (Å²) in [4.78, 5) is 23.5. The summed E-state index contributed by atoms with van der Waals surface area (Å²) in [6, 6.07) is 9.78. The molecule has 2 aliphatic rings. The normalized spacial score (nSPS) is 21.0. The SMILES string of the molecule is O=C(c1ccc(F)cc1)N1C[C@@H]2CCn3c(-c4ccncc4)cnc3[C@@H]2C1. The number of hydrogen-bond donors (Lipinski definition) is 0. The van der Waals surface area contributed by atoms with Gasteiger partial charge in [0.2, 0.25) is 0 Å². The molecule has 0 aliphatic carbocycles. The van der Waals surface area contributed by atoms with Crippen molar-refractivity contribution in [3.05, 3.63) is 72.2 Å². The molecule has 1 saturated heterocycles. The molecule has 0 N–H and O–H groups in total. The van der Waals surface area contributed by atoms with Crippen LogP contribution >= 0.6 is 0 Å². The van der Waals surface area contributed by atoms with Gasteiger partial charge >= 0.3 is 0 Å². The van der Waals surface area contributed by atoms with Crippen molar-refractivity contribution in [3.8, 4) is 11.3 Å². The Hall–Kier alpha value is -3.02. The second kappa shape index (κ2) is 6.30. The van der Waals surface area contributed by atoms with E-state index < -0.39 is 0 Å². The Morgan fingerprint density at radius 1 is 1.07 bits per heavy atom. The van der Waals surface area contributed by atoms with Gasteiger partial charge < -0.3 is 9.47 Å². The molecule has 0 bridgehead atoms. The van der Waals surface area contributed by atoms with Gasteiger partial charge in [-0.3, -0.25) is 9.78 Å². The van der Waals surface area contributed by atoms with Gasteiger partial charge in [-0.1, -0.05) is 0 Å². The highest BCUT2D eigenvalue weighted by molar-refractivity contribution is 5.94. The van der Waals surface area contributed by atoms with Crippen LogP contribution < -0.4 is 0 Å². The topological polar surface area (TPSA) is 51.0 Å². The Morgan fingerprint density at radius 3 is 2.63 bits per heavy atom. The molecule has 0 radical (unpaired) electrons. The summed E-state index contributed by atoms with van der Waals surface area (Å²) in [5.74, 6) is 1.38. The zero-order valence-corrected chi connectivity index (χ0v) is 14.8. The molecular weight excluding hydrogens is 343 g/mol. The number of fused-ring (bicyclic) bond motifs is 3. The monoisotopic (exact) mass is 362 g/mol. The minimum absolute atomic E-state index is 0.0307. The molecule has 0 unspecified atom stereocenters. The fourth-order valence-electron chi connectivity index (χ4n) is 4.37. The van der Waals surface area contributed by atoms with Crippen LogP contribution in [0.2, 0.25) is 0 Å². The summed E-state index contributed by atoms with van der Waals surface area (Å²) in [5.41, 5.74) is 2.75. The highest BCUT2D eigenvalue weighted by atomic mass is 19.1. The van der Waals surface area contributed by atoms with Gasteiger partial charge in [0, 0.05) is 49.1 Å². The lowest BCUT2D eigenvalue weighted by Crippen LogP contribution is -2.28. The lowest BCUT2D eigenvalue weighted by molar-refractivity contribution is 0.0785. The number of imidazole rings is 1. The second-order valence-corrected chi connectivity index (χ2v) is 7.26. The average molecular weight is 362 g/mol. The second-order valence-electron chi connectivity index (χ2n) is 7.26. The fourth-order valence-corrected chi connectivity index (χ4v) is 4.37. The smallest absolute Gasteiger partial charge is 0.253 e. The Balaban J connectivity index is 1.41. The summed E-state index contributed by atoms with van der Waals surface area (Å²) in [7, 11) is 0. The van der Waals surface area contributed by atoms with Crippen molar-refractivity contribution >= 4 is 5.91 Å². The van der Waals surface area contributed by atoms with Crippen molar-refractivity contribution in [2.24, 2.45) is 5.92 Å². The van der Waals surface area contributed by atoms with Crippen LogP contribution in [-0.2, 0) is 6.54 Å². The molecule has 2 aliphatic heterocycles. The molecule has 0 spiro atoms. The molecule has 5 nitrogen and oxygen atoms in total. The first-order chi connectivity index (χ1) is 13.2. The minimum atomic E-state index is -0.327. The lowest BCUT2D eigenvalue weighted by atomic mass is 9.89. The first-order valence-electron chi connectivity index (χ1n) is 9.21. The minimum Gasteiger partial charge on any atom is -0.338 e. The highest BCUT2D eigenvalue weighted by Crippen LogP contribution is 2.40. The summed E-state index contributed by atoms with van der Waals surface area (Å²) in [6.07, 6.45) is 6.54. The van der Waals surface area contributed by atoms with Gasteiger partial charge in [-0.05, 0) is 48.7 Å². The van der Waals surface area contributed by atoms with Crippen LogP contribution in [0.1, 0.15) is 28.5 Å². The molecule has 136 valence electrons. The van der Waals surface area contributed by atoms with Crippen LogP contribution in [0.25, 0.3) is 11.3 Å². The number of nitrogens with zero attached hydrogens (tertiary/aromatic N) is 4. The quantitative estimate of drug-likeness (QED) is 0.703. The molecular formula is C21H19FN4O. The number of halogens is 1. The van der Waals surface area contributed by atoms with E-state index in [0.717, 1.165) is 36.6 Å². The molecule has 5 rings (SSSR count). The van der Waals surface area contributed by atoms with Crippen LogP contribution in [0.4, 0.5) is 4.39 Å². The molecule has 0 saturated carbocycles. The first-order valence-corrected chi connectivity index (χ1v) is 9.21. The van der Waals surface area contributed by atoms with E-state index in [1.54, 1.807) is 24.5 Å². The van der Waals surface area contributed by atoms with Gasteiger partial charge in [-0.15, -0.1) is 0 Å². The van der Waals surface area contributed by atoms with Crippen molar-refractivity contribution in [3.63, 3.8) is 0 Å². The Morgan fingerprint density at radius 2 is 1.85 bits per heavy atom. The van der Waals surface area contributed by atoms with Crippen molar-refractivity contribution < 1.29 is 9.18 Å². The van der Waals surface area contributed by atoms with E-state index in [9.17, 15) is 9.18 Å². The third kappa shape index (κ3) is 2.72. The first kappa shape index (κ1) is 16.2. The average Bonchev–Trinajstić information content (AvgIpc) is 3.32. The number of benzene rings is 1. The number of carbonyl (C=O) groups excluding carboxylic acids is 1. The van der Waals surface area contributed by atoms with Crippen molar-refractivity contribution in [2.75, 3.05) is 13.1 Å². The summed E-state index contributed by atoms with van der Waals surface area (Å²) in [6.45, 7) is 2.30. The number of aromatic nitrogens is 3. The summed E-state index contributed by atoms with van der Waals surface area (Å²) in [5, 5.41) is 0. The maximum absolute atomic E-state index is 13.1. The molecule has 6 heteroatoms. The third-order valence-electron chi connectivity index (χ3n) is 5.74. The molecule has 27 heavy (non-hydrogen) atoms. The Labute approximate surface area is 156 Å². The fraction of sp³-hybridized carbons (Fsp3) is 0.286. The number of rotatable bonds is 2. The van der Waals surface area contributed by atoms with E-state index >= 15 is 0 Å². The molecule has 3 aromatic rings. The molecule has 1 amide bonds. The van der Waals surface area contributed by atoms with Crippen LogP contribution in [0.3, 0.4) is 0 Å². The zero-order valence-electron chi connectivity index (χ0n) is 14.8. The van der Waals surface area contributed by atoms with Crippen LogP contribution in [0.15, 0.2) is 55.0 Å². The summed E-state index contributed by atoms with van der Waals surface area (Å²) >= 11 is 0. The zero-order chi connectivity index (χ0) is 18.4. The van der Waals surface area contributed by atoms with E-state index in [2.05, 4.69) is 9.55 Å². The molecule has 1 aromatic carbocycles. The van der Waals surface area contributed by atoms with E-state index in [1.165, 1.54) is 12.1 Å². The Bertz CT molecular complexity index is 983. The van der Waals surface area contributed by atoms with Gasteiger partial charge in [-0.25, -0.2) is 9.37 Å².